The molecule has 6 nitrogen and oxygen atoms in total. The molecule has 2 unspecified atom stereocenters. The Morgan fingerprint density at radius 2 is 1.89 bits per heavy atom. The molecule has 0 saturated heterocycles. The fourth-order valence-corrected chi connectivity index (χ4v) is 4.25. The van der Waals surface area contributed by atoms with Gasteiger partial charge in [0.05, 0.1) is 6.54 Å². The number of hydrogen-bond donors (Lipinski definition) is 2. The Morgan fingerprint density at radius 1 is 1.14 bits per heavy atom. The molecular formula is C22H33N3O3. The molecule has 6 heteroatoms. The largest absolute Gasteiger partial charge is 0.464 e. The third-order valence-corrected chi connectivity index (χ3v) is 6.33. The molecule has 3 amide bonds. The van der Waals surface area contributed by atoms with Crippen LogP contribution in [0.1, 0.15) is 82.1 Å². The summed E-state index contributed by atoms with van der Waals surface area (Å²) in [5, 5.41) is 6.03. The minimum atomic E-state index is -0.0919. The SMILES string of the molecule is CC1CC1c1ccc(CN(C(=O)NCCC(=O)NC2CCCCC2)C2CC2)o1. The first-order valence-electron chi connectivity index (χ1n) is 11.0. The quantitative estimate of drug-likeness (QED) is 0.710. The van der Waals surface area contributed by atoms with Crippen LogP contribution in [-0.2, 0) is 11.3 Å². The fraction of sp³-hybridized carbons (Fsp3) is 0.727. The van der Waals surface area contributed by atoms with Crippen molar-refractivity contribution < 1.29 is 14.0 Å². The second-order valence-electron chi connectivity index (χ2n) is 8.87. The summed E-state index contributed by atoms with van der Waals surface area (Å²) in [4.78, 5) is 26.6. The van der Waals surface area contributed by atoms with Gasteiger partial charge >= 0.3 is 6.03 Å². The van der Waals surface area contributed by atoms with Gasteiger partial charge in [0.2, 0.25) is 5.91 Å². The van der Waals surface area contributed by atoms with E-state index in [0.717, 1.165) is 37.2 Å². The lowest BCUT2D eigenvalue weighted by Crippen LogP contribution is -2.43. The van der Waals surface area contributed by atoms with Crippen LogP contribution in [-0.4, -0.2) is 35.5 Å². The number of hydrogen-bond acceptors (Lipinski definition) is 3. The van der Waals surface area contributed by atoms with Gasteiger partial charge < -0.3 is 20.0 Å². The highest BCUT2D eigenvalue weighted by Crippen LogP contribution is 2.47. The first-order valence-corrected chi connectivity index (χ1v) is 11.0. The smallest absolute Gasteiger partial charge is 0.318 e. The average Bonchev–Trinajstić information content (AvgIpc) is 3.60. The molecule has 3 fully saturated rings. The summed E-state index contributed by atoms with van der Waals surface area (Å²) in [6.07, 6.45) is 9.46. The molecule has 0 aromatic carbocycles. The maximum atomic E-state index is 12.6. The molecule has 0 aliphatic heterocycles. The van der Waals surface area contributed by atoms with E-state index in [2.05, 4.69) is 23.6 Å². The summed E-state index contributed by atoms with van der Waals surface area (Å²) in [6, 6.07) is 4.58. The number of rotatable bonds is 8. The minimum Gasteiger partial charge on any atom is -0.464 e. The molecule has 3 aliphatic carbocycles. The van der Waals surface area contributed by atoms with Gasteiger partial charge in [-0.3, -0.25) is 4.79 Å². The Bertz CT molecular complexity index is 691. The fourth-order valence-electron chi connectivity index (χ4n) is 4.25. The van der Waals surface area contributed by atoms with Crippen molar-refractivity contribution in [1.29, 1.82) is 0 Å². The Balaban J connectivity index is 1.21. The minimum absolute atomic E-state index is 0.0411. The van der Waals surface area contributed by atoms with Gasteiger partial charge in [0.15, 0.2) is 0 Å². The number of nitrogens with one attached hydrogen (secondary N) is 2. The number of furan rings is 1. The van der Waals surface area contributed by atoms with Gasteiger partial charge in [-0.1, -0.05) is 26.2 Å². The Kier molecular flexibility index (Phi) is 5.93. The van der Waals surface area contributed by atoms with Crippen molar-refractivity contribution in [3.8, 4) is 0 Å². The van der Waals surface area contributed by atoms with Crippen molar-refractivity contribution in [3.05, 3.63) is 23.7 Å². The van der Waals surface area contributed by atoms with E-state index in [9.17, 15) is 9.59 Å². The molecule has 0 bridgehead atoms. The number of urea groups is 1. The van der Waals surface area contributed by atoms with Gasteiger partial charge in [-0.2, -0.15) is 0 Å². The molecule has 4 rings (SSSR count). The van der Waals surface area contributed by atoms with Crippen LogP contribution in [0, 0.1) is 5.92 Å². The van der Waals surface area contributed by atoms with Gasteiger partial charge in [-0.05, 0) is 50.2 Å². The zero-order valence-corrected chi connectivity index (χ0v) is 16.9. The number of amides is 3. The van der Waals surface area contributed by atoms with Crippen molar-refractivity contribution in [2.24, 2.45) is 5.92 Å². The lowest BCUT2D eigenvalue weighted by Gasteiger charge is -2.23. The highest BCUT2D eigenvalue weighted by Gasteiger charge is 2.37. The van der Waals surface area contributed by atoms with Crippen LogP contribution in [0.15, 0.2) is 16.5 Å². The topological polar surface area (TPSA) is 74.6 Å². The van der Waals surface area contributed by atoms with Gasteiger partial charge in [0.1, 0.15) is 11.5 Å². The van der Waals surface area contributed by atoms with E-state index < -0.39 is 0 Å². The number of carbonyl (C=O) groups excluding carboxylic acids is 2. The first kappa shape index (κ1) is 19.3. The maximum Gasteiger partial charge on any atom is 0.318 e. The maximum absolute atomic E-state index is 12.6. The monoisotopic (exact) mass is 387 g/mol. The molecule has 28 heavy (non-hydrogen) atoms. The lowest BCUT2D eigenvalue weighted by atomic mass is 9.95. The van der Waals surface area contributed by atoms with Crippen LogP contribution in [0.5, 0.6) is 0 Å². The molecule has 2 atom stereocenters. The molecular weight excluding hydrogens is 354 g/mol. The van der Waals surface area contributed by atoms with E-state index in [1.165, 1.54) is 25.7 Å². The molecule has 1 heterocycles. The van der Waals surface area contributed by atoms with E-state index in [1.54, 1.807) is 0 Å². The lowest BCUT2D eigenvalue weighted by molar-refractivity contribution is -0.121. The van der Waals surface area contributed by atoms with Crippen molar-refractivity contribution >= 4 is 11.9 Å². The van der Waals surface area contributed by atoms with Crippen LogP contribution < -0.4 is 10.6 Å². The standard InChI is InChI=1S/C22H33N3O3/c1-15-13-19(15)20-10-9-18(28-20)14-25(17-7-8-17)22(27)23-12-11-21(26)24-16-5-3-2-4-6-16/h9-10,15-17,19H,2-8,11-14H2,1H3,(H,23,27)(H,24,26). The molecule has 0 spiro atoms. The molecule has 154 valence electrons. The second kappa shape index (κ2) is 8.58. The van der Waals surface area contributed by atoms with Crippen LogP contribution >= 0.6 is 0 Å². The van der Waals surface area contributed by atoms with Crippen LogP contribution in [0.25, 0.3) is 0 Å². The Morgan fingerprint density at radius 3 is 2.57 bits per heavy atom. The van der Waals surface area contributed by atoms with E-state index >= 15 is 0 Å². The van der Waals surface area contributed by atoms with E-state index in [4.69, 9.17) is 4.42 Å². The third-order valence-electron chi connectivity index (χ3n) is 6.33. The summed E-state index contributed by atoms with van der Waals surface area (Å²) < 4.78 is 5.98. The van der Waals surface area contributed by atoms with Crippen molar-refractivity contribution in [3.63, 3.8) is 0 Å². The van der Waals surface area contributed by atoms with E-state index in [-0.39, 0.29) is 11.9 Å². The van der Waals surface area contributed by atoms with Gasteiger partial charge in [0.25, 0.3) is 0 Å². The summed E-state index contributed by atoms with van der Waals surface area (Å²) in [5.74, 6) is 3.21. The van der Waals surface area contributed by atoms with Crippen molar-refractivity contribution in [1.82, 2.24) is 15.5 Å². The van der Waals surface area contributed by atoms with Crippen LogP contribution in [0.3, 0.4) is 0 Å². The van der Waals surface area contributed by atoms with Gasteiger partial charge in [0, 0.05) is 31.0 Å². The highest BCUT2D eigenvalue weighted by molar-refractivity contribution is 5.78. The van der Waals surface area contributed by atoms with Crippen LogP contribution in [0.4, 0.5) is 4.79 Å². The summed E-state index contributed by atoms with van der Waals surface area (Å²) >= 11 is 0. The summed E-state index contributed by atoms with van der Waals surface area (Å²) in [7, 11) is 0. The average molecular weight is 388 g/mol. The normalized spacial score (nSPS) is 24.6. The predicted octanol–water partition coefficient (Wildman–Crippen LogP) is 3.92. The Hall–Kier alpha value is -1.98. The van der Waals surface area contributed by atoms with E-state index in [1.807, 2.05) is 11.0 Å². The molecule has 2 N–H and O–H groups in total. The third kappa shape index (κ3) is 5.09. The highest BCUT2D eigenvalue weighted by atomic mass is 16.3. The second-order valence-corrected chi connectivity index (χ2v) is 8.87. The Labute approximate surface area is 167 Å². The van der Waals surface area contributed by atoms with Crippen molar-refractivity contribution in [2.75, 3.05) is 6.54 Å². The molecule has 3 aliphatic rings. The zero-order chi connectivity index (χ0) is 19.5. The molecule has 1 aromatic rings. The summed E-state index contributed by atoms with van der Waals surface area (Å²) in [6.45, 7) is 3.12. The zero-order valence-electron chi connectivity index (χ0n) is 16.9. The molecule has 0 radical (unpaired) electrons. The van der Waals surface area contributed by atoms with Gasteiger partial charge in [-0.25, -0.2) is 4.79 Å². The summed E-state index contributed by atoms with van der Waals surface area (Å²) in [5.41, 5.74) is 0. The number of nitrogens with zero attached hydrogens (tertiary/aromatic N) is 1. The van der Waals surface area contributed by atoms with E-state index in [0.29, 0.717) is 43.4 Å². The number of carbonyl (C=O) groups is 2. The van der Waals surface area contributed by atoms with Crippen LogP contribution in [0.2, 0.25) is 0 Å². The molecule has 3 saturated carbocycles. The first-order chi connectivity index (χ1) is 13.6. The molecule has 1 aromatic heterocycles. The van der Waals surface area contributed by atoms with Gasteiger partial charge in [-0.15, -0.1) is 0 Å². The predicted molar refractivity (Wildman–Crippen MR) is 107 cm³/mol. The van der Waals surface area contributed by atoms with Crippen molar-refractivity contribution in [2.45, 2.75) is 89.3 Å².